The summed E-state index contributed by atoms with van der Waals surface area (Å²) in [5, 5.41) is 0. The van der Waals surface area contributed by atoms with Crippen LogP contribution >= 0.6 is 0 Å². The van der Waals surface area contributed by atoms with Crippen molar-refractivity contribution >= 4 is 21.4 Å². The molecule has 0 aliphatic rings. The molecule has 66 valence electrons. The fraction of sp³-hybridized carbons (Fsp3) is 0. The quantitative estimate of drug-likeness (QED) is 0.233. The van der Waals surface area contributed by atoms with Crippen LogP contribution in [0.2, 0.25) is 0 Å². The van der Waals surface area contributed by atoms with Crippen molar-refractivity contribution in [3.63, 3.8) is 0 Å². The third-order valence-electron chi connectivity index (χ3n) is 0. The zero-order valence-corrected chi connectivity index (χ0v) is 6.25. The molecule has 0 aromatic carbocycles. The fourth-order valence-corrected chi connectivity index (χ4v) is 0. The maximum atomic E-state index is 8.74. The van der Waals surface area contributed by atoms with Gasteiger partial charge in [0.25, 0.3) is 11.0 Å². The van der Waals surface area contributed by atoms with E-state index in [1.54, 1.807) is 0 Å². The maximum absolute atomic E-state index is 8.74. The first-order valence-electron chi connectivity index (χ1n) is 1.26. The molecule has 0 aliphatic carbocycles. The zero-order chi connectivity index (χ0) is 8.08. The molecule has 10 heavy (non-hydrogen) atoms. The standard InChI is InChI=1S/H3N.H2O4S.H2O3S/c;1-5(2,3)4;1-4(2)3/h1H3;(H2,1,2,3,4);4H,(H,1,2,3). The molecule has 0 aromatic rings. The lowest BCUT2D eigenvalue weighted by Gasteiger charge is -1.68. The lowest BCUT2D eigenvalue weighted by Crippen LogP contribution is -1.89. The van der Waals surface area contributed by atoms with E-state index in [-0.39, 0.29) is 6.15 Å². The molecule has 6 N–H and O–H groups in total. The Kier molecular flexibility index (Phi) is 11.2. The molecule has 0 fully saturated rings. The lowest BCUT2D eigenvalue weighted by atomic mass is 14.0. The maximum Gasteiger partial charge on any atom is 0.394 e. The monoisotopic (exact) mass is 197 g/mol. The zero-order valence-electron chi connectivity index (χ0n) is 4.54. The van der Waals surface area contributed by atoms with Gasteiger partial charge in [-0.05, 0) is 0 Å². The van der Waals surface area contributed by atoms with Crippen LogP contribution in [0.3, 0.4) is 0 Å². The number of hydrogen-bond donors (Lipinski definition) is 5. The van der Waals surface area contributed by atoms with Crippen molar-refractivity contribution in [1.82, 2.24) is 6.15 Å². The van der Waals surface area contributed by atoms with E-state index in [0.29, 0.717) is 0 Å². The predicted molar refractivity (Wildman–Crippen MR) is 32.1 cm³/mol. The molecule has 10 heteroatoms. The normalized spacial score (nSPS) is 9.20. The van der Waals surface area contributed by atoms with Crippen LogP contribution in [-0.4, -0.2) is 30.5 Å². The summed E-state index contributed by atoms with van der Waals surface area (Å²) in [4.78, 5) is 0. The average molecular weight is 197 g/mol. The first kappa shape index (κ1) is 16.4. The van der Waals surface area contributed by atoms with Crippen LogP contribution in [-0.2, 0) is 21.4 Å². The minimum atomic E-state index is -4.67. The van der Waals surface area contributed by atoms with Crippen LogP contribution < -0.4 is 6.15 Å². The summed E-state index contributed by atoms with van der Waals surface area (Å²) in [6.45, 7) is 0. The smallest absolute Gasteiger partial charge is 0.344 e. The van der Waals surface area contributed by atoms with Gasteiger partial charge in [0.1, 0.15) is 0 Å². The Morgan fingerprint density at radius 2 is 1.10 bits per heavy atom. The minimum Gasteiger partial charge on any atom is -0.344 e. The highest BCUT2D eigenvalue weighted by molar-refractivity contribution is 7.79. The van der Waals surface area contributed by atoms with E-state index < -0.39 is 21.4 Å². The van der Waals surface area contributed by atoms with Gasteiger partial charge in [0.15, 0.2) is 0 Å². The lowest BCUT2D eigenvalue weighted by molar-refractivity contribution is 0.381. The van der Waals surface area contributed by atoms with Gasteiger partial charge < -0.3 is 6.15 Å². The number of thiol groups is 1. The number of hydrogen-bond acceptors (Lipinski definition) is 5. The summed E-state index contributed by atoms with van der Waals surface area (Å²) in [6.07, 6.45) is 0. The third-order valence-corrected chi connectivity index (χ3v) is 0. The fourth-order valence-electron chi connectivity index (χ4n) is 0. The second kappa shape index (κ2) is 6.85. The first-order chi connectivity index (χ1) is 3.73. The summed E-state index contributed by atoms with van der Waals surface area (Å²) in [5.74, 6) is 0. The first-order valence-corrected chi connectivity index (χ1v) is 3.79. The Morgan fingerprint density at radius 3 is 1.10 bits per heavy atom. The molecule has 0 unspecified atom stereocenters. The van der Waals surface area contributed by atoms with Gasteiger partial charge in [0.05, 0.1) is 0 Å². The van der Waals surface area contributed by atoms with Crippen LogP contribution in [0.1, 0.15) is 0 Å². The van der Waals surface area contributed by atoms with Crippen molar-refractivity contribution in [1.29, 1.82) is 0 Å². The van der Waals surface area contributed by atoms with E-state index in [1.165, 1.54) is 0 Å². The Morgan fingerprint density at radius 1 is 1.10 bits per heavy atom. The topological polar surface area (TPSA) is 164 Å². The summed E-state index contributed by atoms with van der Waals surface area (Å²) in [7, 11) is -7.79. The summed E-state index contributed by atoms with van der Waals surface area (Å²) < 4.78 is 55.8. The molecule has 0 saturated carbocycles. The van der Waals surface area contributed by atoms with Crippen LogP contribution in [0.25, 0.3) is 0 Å². The van der Waals surface area contributed by atoms with E-state index in [1.807, 2.05) is 0 Å². The second-order valence-electron chi connectivity index (χ2n) is 0.686. The van der Waals surface area contributed by atoms with E-state index in [2.05, 4.69) is 0 Å². The van der Waals surface area contributed by atoms with Gasteiger partial charge in [0.2, 0.25) is 0 Å². The Hall–Kier alpha value is -0.260. The number of rotatable bonds is 0. The molecule has 0 heterocycles. The molecule has 8 nitrogen and oxygen atoms in total. The molecule has 0 aliphatic heterocycles. The van der Waals surface area contributed by atoms with E-state index >= 15 is 0 Å². The van der Waals surface area contributed by atoms with Gasteiger partial charge in [0, 0.05) is 0 Å². The van der Waals surface area contributed by atoms with E-state index in [4.69, 9.17) is 30.5 Å². The van der Waals surface area contributed by atoms with Gasteiger partial charge in [-0.15, -0.1) is 0 Å². The van der Waals surface area contributed by atoms with Crippen molar-refractivity contribution in [3.05, 3.63) is 0 Å². The highest BCUT2D eigenvalue weighted by Crippen LogP contribution is 1.59. The van der Waals surface area contributed by atoms with Gasteiger partial charge in [-0.25, -0.2) is 8.42 Å². The van der Waals surface area contributed by atoms with Gasteiger partial charge in [-0.2, -0.15) is 8.42 Å². The molecule has 0 bridgehead atoms. The Labute approximate surface area is 58.8 Å². The molecule has 0 radical (unpaired) electrons. The van der Waals surface area contributed by atoms with Crippen LogP contribution in [0.5, 0.6) is 0 Å². The highest BCUT2D eigenvalue weighted by Gasteiger charge is 1.84. The van der Waals surface area contributed by atoms with Gasteiger partial charge >= 0.3 is 10.4 Å². The molecule has 0 amide bonds. The van der Waals surface area contributed by atoms with Crippen molar-refractivity contribution in [3.8, 4) is 0 Å². The highest BCUT2D eigenvalue weighted by atomic mass is 32.3. The minimum absolute atomic E-state index is 0. The van der Waals surface area contributed by atoms with Gasteiger partial charge in [-0.1, -0.05) is 0 Å². The molecule has 0 rings (SSSR count). The molecule has 0 atom stereocenters. The Balaban J connectivity index is -0.0000000910. The summed E-state index contributed by atoms with van der Waals surface area (Å²) >= 11 is 0. The van der Waals surface area contributed by atoms with Crippen LogP contribution in [0, 0.1) is 0 Å². The van der Waals surface area contributed by atoms with Crippen molar-refractivity contribution in [2.75, 3.05) is 0 Å². The Bertz CT molecular complexity index is 192. The van der Waals surface area contributed by atoms with Crippen molar-refractivity contribution < 1.29 is 30.5 Å². The average Bonchev–Trinajstić information content (AvgIpc) is 1.19. The second-order valence-corrected chi connectivity index (χ2v) is 2.06. The molecular formula is H7NO7S2. The predicted octanol–water partition coefficient (Wildman–Crippen LogP) is -1.42. The van der Waals surface area contributed by atoms with Crippen LogP contribution in [0.15, 0.2) is 0 Å². The summed E-state index contributed by atoms with van der Waals surface area (Å²) in [5.41, 5.74) is 0. The molecule has 0 spiro atoms. The molecular weight excluding hydrogens is 190 g/mol. The SMILES string of the molecule is N.O=S(=O)(O)O.O=[SH](=O)O. The van der Waals surface area contributed by atoms with Crippen molar-refractivity contribution in [2.45, 2.75) is 0 Å². The van der Waals surface area contributed by atoms with E-state index in [9.17, 15) is 0 Å². The largest absolute Gasteiger partial charge is 0.394 e. The van der Waals surface area contributed by atoms with E-state index in [0.717, 1.165) is 0 Å². The van der Waals surface area contributed by atoms with Crippen molar-refractivity contribution in [2.24, 2.45) is 0 Å². The molecule has 0 aromatic heterocycles. The third kappa shape index (κ3) is 5200. The molecule has 0 saturated heterocycles. The summed E-state index contributed by atoms with van der Waals surface area (Å²) in [6, 6.07) is 0. The van der Waals surface area contributed by atoms with Crippen LogP contribution in [0.4, 0.5) is 0 Å². The van der Waals surface area contributed by atoms with Gasteiger partial charge in [-0.3, -0.25) is 13.7 Å².